The molecule has 1 N–H and O–H groups in total. The van der Waals surface area contributed by atoms with Gasteiger partial charge in [0.15, 0.2) is 0 Å². The fourth-order valence-corrected chi connectivity index (χ4v) is 0. The van der Waals surface area contributed by atoms with Crippen LogP contribution in [0.5, 0.6) is 0 Å². The van der Waals surface area contributed by atoms with Crippen molar-refractivity contribution in [3.05, 3.63) is 0 Å². The second-order valence-corrected chi connectivity index (χ2v) is 0.105. The number of rotatable bonds is 0. The van der Waals surface area contributed by atoms with Crippen LogP contribution < -0.4 is 0 Å². The summed E-state index contributed by atoms with van der Waals surface area (Å²) in [4.78, 5) is 8.36. The second-order valence-electron chi connectivity index (χ2n) is 0.105. The van der Waals surface area contributed by atoms with Gasteiger partial charge < -0.3 is 5.11 Å². The van der Waals surface area contributed by atoms with E-state index in [9.17, 15) is 0 Å². The van der Waals surface area contributed by atoms with E-state index >= 15 is 0 Å². The molecule has 0 spiro atoms. The molecule has 0 atom stereocenters. The lowest BCUT2D eigenvalue weighted by molar-refractivity contribution is -0.122. The smallest absolute Gasteiger partial charge is 0.316 e. The molecule has 0 saturated heterocycles. The summed E-state index contributed by atoms with van der Waals surface area (Å²) in [5.74, 6) is 0. The van der Waals surface area contributed by atoms with Gasteiger partial charge in [0.25, 0.3) is 6.47 Å². The van der Waals surface area contributed by atoms with Crippen LogP contribution in [0.3, 0.4) is 0 Å². The zero-order chi connectivity index (χ0) is 2.71. The Hall–Kier alpha value is 0.166. The van der Waals surface area contributed by atoms with E-state index in [-0.39, 0.29) is 34.2 Å². The number of carbonyl (C=O) groups is 1. The SMILES string of the molecule is F.O=CO.[MgH2]. The van der Waals surface area contributed by atoms with Crippen molar-refractivity contribution in [2.45, 2.75) is 0 Å². The minimum atomic E-state index is -0.250. The molecule has 0 rings (SSSR count). The highest BCUT2D eigenvalue weighted by Gasteiger charge is 1.22. The number of carboxylic acid groups (broad SMARTS) is 1. The molecule has 0 aliphatic carbocycles. The van der Waals surface area contributed by atoms with Gasteiger partial charge in [-0.1, -0.05) is 0 Å². The second kappa shape index (κ2) is 30.7. The fourth-order valence-electron chi connectivity index (χ4n) is 0. The average Bonchev–Trinajstić information content (AvgIpc) is 0.918. The molecule has 0 saturated carbocycles. The average molecular weight is 92.4 g/mol. The summed E-state index contributed by atoms with van der Waals surface area (Å²) in [5.41, 5.74) is 0. The maximum absolute atomic E-state index is 8.36. The van der Waals surface area contributed by atoms with Crippen molar-refractivity contribution in [3.8, 4) is 0 Å². The molecule has 0 bridgehead atoms. The predicted octanol–water partition coefficient (Wildman–Crippen LogP) is -1.06. The van der Waals surface area contributed by atoms with Gasteiger partial charge in [0.1, 0.15) is 0 Å². The molecule has 0 aromatic heterocycles. The first-order chi connectivity index (χ1) is 1.41. The summed E-state index contributed by atoms with van der Waals surface area (Å²) in [6.07, 6.45) is 0. The molecule has 0 fully saturated rings. The molecule has 30 valence electrons. The van der Waals surface area contributed by atoms with E-state index in [1.165, 1.54) is 0 Å². The Bertz CT molecular complexity index is 17.1. The lowest BCUT2D eigenvalue weighted by atomic mass is 11.7. The van der Waals surface area contributed by atoms with E-state index < -0.39 is 0 Å². The Morgan fingerprint density at radius 2 is 1.60 bits per heavy atom. The molecule has 0 aromatic rings. The lowest BCUT2D eigenvalue weighted by Gasteiger charge is -1.34. The fraction of sp³-hybridized carbons (Fsp3) is 0. The Kier molecular flexibility index (Phi) is 117. The number of hydrogen-bond acceptors (Lipinski definition) is 1. The van der Waals surface area contributed by atoms with Crippen LogP contribution in [0, 0.1) is 0 Å². The molecular formula is CH5FMgO2. The van der Waals surface area contributed by atoms with E-state index in [0.717, 1.165) is 0 Å². The van der Waals surface area contributed by atoms with Crippen LogP contribution in [0.1, 0.15) is 0 Å². The Labute approximate surface area is 44.7 Å². The Morgan fingerprint density at radius 1 is 1.60 bits per heavy atom. The molecule has 2 nitrogen and oxygen atoms in total. The van der Waals surface area contributed by atoms with Gasteiger partial charge in [-0.2, -0.15) is 0 Å². The van der Waals surface area contributed by atoms with Crippen LogP contribution in [0.4, 0.5) is 4.70 Å². The monoisotopic (exact) mass is 92.0 g/mol. The standard InChI is InChI=1S/CH2O2.FH.Mg.2H/c2-1-3;;;;/h1H,(H,2,3);1H;;;. The minimum Gasteiger partial charge on any atom is -0.483 e. The van der Waals surface area contributed by atoms with Crippen molar-refractivity contribution in [2.24, 2.45) is 0 Å². The lowest BCUT2D eigenvalue weighted by Crippen LogP contribution is -1.49. The van der Waals surface area contributed by atoms with Crippen LogP contribution in [-0.2, 0) is 4.79 Å². The maximum atomic E-state index is 8.36. The van der Waals surface area contributed by atoms with Crippen molar-refractivity contribution >= 4 is 29.5 Å². The highest BCUT2D eigenvalue weighted by molar-refractivity contribution is 5.75. The van der Waals surface area contributed by atoms with Crippen molar-refractivity contribution < 1.29 is 14.6 Å². The van der Waals surface area contributed by atoms with Gasteiger partial charge in [0, 0.05) is 0 Å². The first kappa shape index (κ1) is 19.1. The van der Waals surface area contributed by atoms with Gasteiger partial charge in [-0.25, -0.2) is 0 Å². The molecule has 0 amide bonds. The molecule has 0 radical (unpaired) electrons. The van der Waals surface area contributed by atoms with Crippen molar-refractivity contribution in [2.75, 3.05) is 0 Å². The maximum Gasteiger partial charge on any atom is 0.316 e. The van der Waals surface area contributed by atoms with Crippen molar-refractivity contribution in [3.63, 3.8) is 0 Å². The van der Waals surface area contributed by atoms with Gasteiger partial charge >= 0.3 is 23.1 Å². The first-order valence-corrected chi connectivity index (χ1v) is 0.494. The topological polar surface area (TPSA) is 37.3 Å². The van der Waals surface area contributed by atoms with Crippen LogP contribution >= 0.6 is 0 Å². The van der Waals surface area contributed by atoms with Gasteiger partial charge in [-0.3, -0.25) is 9.50 Å². The van der Waals surface area contributed by atoms with Gasteiger partial charge in [0.2, 0.25) is 0 Å². The summed E-state index contributed by atoms with van der Waals surface area (Å²) < 4.78 is 0. The molecule has 0 unspecified atom stereocenters. The summed E-state index contributed by atoms with van der Waals surface area (Å²) in [6, 6.07) is 0. The van der Waals surface area contributed by atoms with Gasteiger partial charge in [0.05, 0.1) is 0 Å². The first-order valence-electron chi connectivity index (χ1n) is 0.494. The third kappa shape index (κ3) is 707. The highest BCUT2D eigenvalue weighted by Crippen LogP contribution is 0.966. The van der Waals surface area contributed by atoms with Crippen LogP contribution in [0.15, 0.2) is 0 Å². The quantitative estimate of drug-likeness (QED) is 0.305. The third-order valence-electron chi connectivity index (χ3n) is 0. The predicted molar refractivity (Wildman–Crippen MR) is 19.7 cm³/mol. The highest BCUT2D eigenvalue weighted by atomic mass is 24.3. The zero-order valence-electron chi connectivity index (χ0n) is 1.84. The van der Waals surface area contributed by atoms with Crippen molar-refractivity contribution in [1.82, 2.24) is 0 Å². The summed E-state index contributed by atoms with van der Waals surface area (Å²) in [5, 5.41) is 6.89. The molecular weight excluding hydrogens is 87.3 g/mol. The molecule has 0 aliphatic heterocycles. The van der Waals surface area contributed by atoms with Crippen molar-refractivity contribution in [1.29, 1.82) is 0 Å². The third-order valence-corrected chi connectivity index (χ3v) is 0. The molecule has 0 heterocycles. The van der Waals surface area contributed by atoms with E-state index in [1.807, 2.05) is 0 Å². The van der Waals surface area contributed by atoms with E-state index in [4.69, 9.17) is 9.90 Å². The molecule has 0 aromatic carbocycles. The Balaban J connectivity index is -0.0000000200. The zero-order valence-corrected chi connectivity index (χ0v) is 1.84. The summed E-state index contributed by atoms with van der Waals surface area (Å²) in [6.45, 7) is -0.250. The number of hydrogen-bond donors (Lipinski definition) is 1. The van der Waals surface area contributed by atoms with Gasteiger partial charge in [-0.05, 0) is 0 Å². The van der Waals surface area contributed by atoms with Crippen LogP contribution in [0.25, 0.3) is 0 Å². The van der Waals surface area contributed by atoms with Crippen LogP contribution in [-0.4, -0.2) is 34.6 Å². The number of halogens is 1. The molecule has 5 heavy (non-hydrogen) atoms. The van der Waals surface area contributed by atoms with E-state index in [2.05, 4.69) is 0 Å². The molecule has 4 heteroatoms. The minimum absolute atomic E-state index is 0. The van der Waals surface area contributed by atoms with E-state index in [1.54, 1.807) is 0 Å². The van der Waals surface area contributed by atoms with Gasteiger partial charge in [-0.15, -0.1) is 0 Å². The normalized spacial score (nSPS) is 2.40. The summed E-state index contributed by atoms with van der Waals surface area (Å²) in [7, 11) is 0. The van der Waals surface area contributed by atoms with Crippen LogP contribution in [0.2, 0.25) is 0 Å². The molecule has 0 aliphatic rings. The largest absolute Gasteiger partial charge is 0.483 e. The Morgan fingerprint density at radius 3 is 1.60 bits per heavy atom. The van der Waals surface area contributed by atoms with E-state index in [0.29, 0.717) is 0 Å². The summed E-state index contributed by atoms with van der Waals surface area (Å²) >= 11 is 0.